The van der Waals surface area contributed by atoms with Gasteiger partial charge in [0.05, 0.1) is 46.9 Å². The Bertz CT molecular complexity index is 995. The van der Waals surface area contributed by atoms with Crippen molar-refractivity contribution in [1.82, 2.24) is 35.2 Å². The van der Waals surface area contributed by atoms with Gasteiger partial charge in [-0.05, 0) is 36.1 Å². The molecular formula is C20H24ClFN8OS. The van der Waals surface area contributed by atoms with Gasteiger partial charge in [-0.25, -0.2) is 24.0 Å². The van der Waals surface area contributed by atoms with Crippen LogP contribution in [0.15, 0.2) is 24.1 Å². The van der Waals surface area contributed by atoms with Crippen LogP contribution in [0, 0.1) is 0 Å². The summed E-state index contributed by atoms with van der Waals surface area (Å²) in [6.45, 7) is 2.10. The van der Waals surface area contributed by atoms with Gasteiger partial charge in [-0.3, -0.25) is 0 Å². The van der Waals surface area contributed by atoms with Gasteiger partial charge in [0.25, 0.3) is 0 Å². The monoisotopic (exact) mass is 478 g/mol. The van der Waals surface area contributed by atoms with E-state index >= 15 is 0 Å². The molecule has 0 N–H and O–H groups in total. The first-order valence-electron chi connectivity index (χ1n) is 10.8. The van der Waals surface area contributed by atoms with Crippen molar-refractivity contribution in [1.29, 1.82) is 0 Å². The van der Waals surface area contributed by atoms with Crippen LogP contribution in [0.1, 0.15) is 54.8 Å². The van der Waals surface area contributed by atoms with Gasteiger partial charge in [-0.2, -0.15) is 0 Å². The highest BCUT2D eigenvalue weighted by Crippen LogP contribution is 2.34. The molecule has 170 valence electrons. The molecule has 0 bridgehead atoms. The van der Waals surface area contributed by atoms with E-state index in [1.165, 1.54) is 0 Å². The molecule has 0 spiro atoms. The van der Waals surface area contributed by atoms with Crippen LogP contribution in [0.25, 0.3) is 0 Å². The lowest BCUT2D eigenvalue weighted by Gasteiger charge is -2.31. The van der Waals surface area contributed by atoms with E-state index in [4.69, 9.17) is 21.3 Å². The van der Waals surface area contributed by atoms with Crippen LogP contribution in [0.3, 0.4) is 0 Å². The molecule has 1 saturated carbocycles. The minimum Gasteiger partial charge on any atom is -0.369 e. The molecule has 2 aliphatic rings. The molecule has 0 aromatic carbocycles. The van der Waals surface area contributed by atoms with Gasteiger partial charge in [0.2, 0.25) is 5.95 Å². The van der Waals surface area contributed by atoms with E-state index in [-0.39, 0.29) is 6.04 Å². The van der Waals surface area contributed by atoms with Crippen LogP contribution >= 0.6 is 22.9 Å². The second-order valence-corrected chi connectivity index (χ2v) is 9.59. The van der Waals surface area contributed by atoms with Crippen LogP contribution < -0.4 is 4.90 Å². The van der Waals surface area contributed by atoms with Crippen LogP contribution in [0.2, 0.25) is 5.02 Å². The number of thiazole rings is 1. The van der Waals surface area contributed by atoms with Gasteiger partial charge >= 0.3 is 0 Å². The third-order valence-corrected chi connectivity index (χ3v) is 7.42. The maximum Gasteiger partial charge on any atom is 0.225 e. The molecule has 9 nitrogen and oxygen atoms in total. The number of tetrazole rings is 1. The van der Waals surface area contributed by atoms with Gasteiger partial charge in [-0.15, -0.1) is 16.4 Å². The Labute approximate surface area is 194 Å². The molecule has 5 rings (SSSR count). The highest BCUT2D eigenvalue weighted by atomic mass is 35.5. The fraction of sp³-hybridized carbons (Fsp3) is 0.600. The van der Waals surface area contributed by atoms with Crippen molar-refractivity contribution < 1.29 is 9.13 Å². The number of ether oxygens (including phenoxy) is 1. The number of aromatic nitrogens is 7. The number of alkyl halides is 1. The highest BCUT2D eigenvalue weighted by molar-refractivity contribution is 7.09. The number of hydrogen-bond donors (Lipinski definition) is 0. The molecule has 3 atom stereocenters. The van der Waals surface area contributed by atoms with Crippen LogP contribution in [0.5, 0.6) is 0 Å². The minimum atomic E-state index is -1.03. The molecule has 3 unspecified atom stereocenters. The van der Waals surface area contributed by atoms with Gasteiger partial charge in [-0.1, -0.05) is 11.6 Å². The van der Waals surface area contributed by atoms with E-state index in [1.807, 2.05) is 5.38 Å². The first-order valence-corrected chi connectivity index (χ1v) is 12.1. The molecule has 12 heteroatoms. The molecule has 0 radical (unpaired) electrons. The highest BCUT2D eigenvalue weighted by Gasteiger charge is 2.33. The molecule has 4 heterocycles. The van der Waals surface area contributed by atoms with Crippen molar-refractivity contribution in [2.75, 3.05) is 18.0 Å². The Kier molecular flexibility index (Phi) is 6.56. The van der Waals surface area contributed by atoms with Crippen molar-refractivity contribution in [2.24, 2.45) is 0 Å². The fourth-order valence-electron chi connectivity index (χ4n) is 4.39. The van der Waals surface area contributed by atoms with E-state index in [0.717, 1.165) is 49.0 Å². The second kappa shape index (κ2) is 9.72. The Morgan fingerprint density at radius 1 is 1.16 bits per heavy atom. The Balaban J connectivity index is 1.10. The zero-order chi connectivity index (χ0) is 21.9. The first-order chi connectivity index (χ1) is 15.7. The summed E-state index contributed by atoms with van der Waals surface area (Å²) in [5.74, 6) is 1.13. The van der Waals surface area contributed by atoms with Crippen LogP contribution in [-0.2, 0) is 11.3 Å². The largest absolute Gasteiger partial charge is 0.369 e. The van der Waals surface area contributed by atoms with Crippen molar-refractivity contribution >= 4 is 28.9 Å². The number of anilines is 1. The normalized spacial score (nSPS) is 24.7. The average molecular weight is 479 g/mol. The lowest BCUT2D eigenvalue weighted by molar-refractivity contribution is -0.0452. The van der Waals surface area contributed by atoms with Crippen LogP contribution in [0.4, 0.5) is 10.3 Å². The molecule has 0 amide bonds. The third-order valence-electron chi connectivity index (χ3n) is 6.17. The number of halogens is 2. The van der Waals surface area contributed by atoms with Gasteiger partial charge in [0, 0.05) is 30.8 Å². The molecule has 1 aliphatic heterocycles. The smallest absolute Gasteiger partial charge is 0.225 e. The third kappa shape index (κ3) is 4.89. The number of nitrogens with zero attached hydrogens (tertiary/aromatic N) is 8. The number of hydrogen-bond acceptors (Lipinski definition) is 9. The predicted molar refractivity (Wildman–Crippen MR) is 118 cm³/mol. The molecular weight excluding hydrogens is 455 g/mol. The van der Waals surface area contributed by atoms with Crippen molar-refractivity contribution in [2.45, 2.75) is 62.9 Å². The number of rotatable bonds is 6. The van der Waals surface area contributed by atoms with Crippen molar-refractivity contribution in [3.63, 3.8) is 0 Å². The lowest BCUT2D eigenvalue weighted by atomic mass is 9.91. The summed E-state index contributed by atoms with van der Waals surface area (Å²) < 4.78 is 22.2. The van der Waals surface area contributed by atoms with E-state index < -0.39 is 12.3 Å². The van der Waals surface area contributed by atoms with Gasteiger partial charge in [0.15, 0.2) is 0 Å². The molecule has 3 aromatic rings. The average Bonchev–Trinajstić information content (AvgIpc) is 3.52. The standard InChI is InChI=1S/C20H24ClFN8OS/c21-14-8-23-20(24-9-14)29-5-3-13(4-6-29)19-26-15(11-32-19)10-31-18-2-1-16(7-17(18)22)30-12-25-27-28-30/h8-9,11-13,16-18H,1-7,10H2. The minimum absolute atomic E-state index is 0.00475. The van der Waals surface area contributed by atoms with Gasteiger partial charge < -0.3 is 9.64 Å². The summed E-state index contributed by atoms with van der Waals surface area (Å²) >= 11 is 7.54. The molecule has 2 fully saturated rings. The van der Waals surface area contributed by atoms with Crippen molar-refractivity contribution in [3.05, 3.63) is 39.8 Å². The Morgan fingerprint density at radius 2 is 1.97 bits per heavy atom. The SMILES string of the molecule is FC1CC(n2cnnn2)CCC1OCc1csc(C2CCN(c3ncc(Cl)cn3)CC2)n1. The summed E-state index contributed by atoms with van der Waals surface area (Å²) in [6, 6.07) is -0.00475. The van der Waals surface area contributed by atoms with E-state index in [9.17, 15) is 4.39 Å². The fourth-order valence-corrected chi connectivity index (χ4v) is 5.47. The zero-order valence-electron chi connectivity index (χ0n) is 17.4. The summed E-state index contributed by atoms with van der Waals surface area (Å²) in [4.78, 5) is 15.6. The maximum absolute atomic E-state index is 14.6. The summed E-state index contributed by atoms with van der Waals surface area (Å²) in [5.41, 5.74) is 0.878. The Hall–Kier alpha value is -2.24. The zero-order valence-corrected chi connectivity index (χ0v) is 19.0. The first kappa shape index (κ1) is 21.6. The molecule has 1 saturated heterocycles. The van der Waals surface area contributed by atoms with Crippen molar-refractivity contribution in [3.8, 4) is 0 Å². The molecule has 32 heavy (non-hydrogen) atoms. The van der Waals surface area contributed by atoms with E-state index in [2.05, 4.69) is 30.4 Å². The van der Waals surface area contributed by atoms with E-state index in [0.29, 0.717) is 30.4 Å². The Morgan fingerprint density at radius 3 is 2.69 bits per heavy atom. The second-order valence-electron chi connectivity index (χ2n) is 8.26. The lowest BCUT2D eigenvalue weighted by Crippen LogP contribution is -2.34. The predicted octanol–water partition coefficient (Wildman–Crippen LogP) is 3.61. The van der Waals surface area contributed by atoms with Crippen LogP contribution in [-0.4, -0.2) is 60.5 Å². The number of piperidine rings is 1. The molecule has 1 aliphatic carbocycles. The summed E-state index contributed by atoms with van der Waals surface area (Å²) in [7, 11) is 0. The maximum atomic E-state index is 14.6. The van der Waals surface area contributed by atoms with Gasteiger partial charge in [0.1, 0.15) is 12.5 Å². The topological polar surface area (TPSA) is 94.7 Å². The van der Waals surface area contributed by atoms with E-state index in [1.54, 1.807) is 34.7 Å². The summed E-state index contributed by atoms with van der Waals surface area (Å²) in [6.07, 6.45) is 7.16. The quantitative estimate of drug-likeness (QED) is 0.530. The molecule has 3 aromatic heterocycles. The summed E-state index contributed by atoms with van der Waals surface area (Å²) in [5, 5.41) is 14.9.